The monoisotopic (exact) mass is 295 g/mol. The molecule has 6 heteroatoms. The summed E-state index contributed by atoms with van der Waals surface area (Å²) in [6, 6.07) is 5.39. The molecule has 0 bridgehead atoms. The number of rotatable bonds is 2. The fraction of sp³-hybridized carbons (Fsp3) is 0.375. The van der Waals surface area contributed by atoms with Gasteiger partial charge in [0, 0.05) is 68.4 Å². The van der Waals surface area contributed by atoms with Crippen LogP contribution in [0.2, 0.25) is 0 Å². The molecule has 0 saturated carbocycles. The second-order valence-electron chi connectivity index (χ2n) is 5.92. The highest BCUT2D eigenvalue weighted by Gasteiger charge is 2.42. The summed E-state index contributed by atoms with van der Waals surface area (Å²) in [4.78, 5) is 29.3. The number of hydrogen-bond donors (Lipinski definition) is 0. The first-order valence-corrected chi connectivity index (χ1v) is 7.52. The molecule has 0 aromatic carbocycles. The smallest absolute Gasteiger partial charge is 0.253 e. The largest absolute Gasteiger partial charge is 0.340 e. The zero-order valence-electron chi connectivity index (χ0n) is 12.2. The highest BCUT2D eigenvalue weighted by molar-refractivity contribution is 5.94. The Hall–Kier alpha value is -2.50. The average Bonchev–Trinajstić information content (AvgIpc) is 3.15. The summed E-state index contributed by atoms with van der Waals surface area (Å²) in [6.45, 7) is 3.48. The Morgan fingerprint density at radius 1 is 0.955 bits per heavy atom. The van der Waals surface area contributed by atoms with Gasteiger partial charge in [-0.25, -0.2) is 9.97 Å². The van der Waals surface area contributed by atoms with Gasteiger partial charge < -0.3 is 9.80 Å². The summed E-state index contributed by atoms with van der Waals surface area (Å²) < 4.78 is 0. The molecule has 0 N–H and O–H groups in total. The lowest BCUT2D eigenvalue weighted by Gasteiger charge is -2.21. The summed E-state index contributed by atoms with van der Waals surface area (Å²) in [6.07, 6.45) is 6.88. The Balaban J connectivity index is 1.43. The van der Waals surface area contributed by atoms with Gasteiger partial charge in [0.15, 0.2) is 0 Å². The van der Waals surface area contributed by atoms with Crippen molar-refractivity contribution in [2.75, 3.05) is 31.1 Å². The number of anilines is 1. The number of nitrogens with zero attached hydrogens (tertiary/aromatic N) is 5. The summed E-state index contributed by atoms with van der Waals surface area (Å²) in [7, 11) is 0. The number of carbonyl (C=O) groups is 1. The van der Waals surface area contributed by atoms with E-state index in [9.17, 15) is 4.79 Å². The van der Waals surface area contributed by atoms with Crippen molar-refractivity contribution in [3.63, 3.8) is 0 Å². The molecule has 2 fully saturated rings. The molecular weight excluding hydrogens is 278 g/mol. The number of hydrogen-bond acceptors (Lipinski definition) is 5. The lowest BCUT2D eigenvalue weighted by atomic mass is 10.0. The molecule has 2 aromatic rings. The molecule has 2 aliphatic rings. The molecule has 0 aliphatic carbocycles. The number of fused-ring (bicyclic) bond motifs is 1. The molecule has 0 radical (unpaired) electrons. The molecule has 22 heavy (non-hydrogen) atoms. The van der Waals surface area contributed by atoms with Crippen molar-refractivity contribution in [2.24, 2.45) is 11.8 Å². The van der Waals surface area contributed by atoms with E-state index in [1.807, 2.05) is 11.0 Å². The van der Waals surface area contributed by atoms with E-state index in [0.717, 1.165) is 37.7 Å². The molecule has 4 rings (SSSR count). The van der Waals surface area contributed by atoms with Crippen LogP contribution >= 0.6 is 0 Å². The molecule has 1 amide bonds. The lowest BCUT2D eigenvalue weighted by Crippen LogP contribution is -2.33. The molecule has 6 nitrogen and oxygen atoms in total. The van der Waals surface area contributed by atoms with Crippen LogP contribution < -0.4 is 4.90 Å². The van der Waals surface area contributed by atoms with Crippen molar-refractivity contribution >= 4 is 11.9 Å². The van der Waals surface area contributed by atoms with E-state index in [2.05, 4.69) is 19.9 Å². The number of carbonyl (C=O) groups excluding carboxylic acids is 1. The van der Waals surface area contributed by atoms with Crippen molar-refractivity contribution in [1.29, 1.82) is 0 Å². The summed E-state index contributed by atoms with van der Waals surface area (Å²) >= 11 is 0. The van der Waals surface area contributed by atoms with Crippen LogP contribution in [-0.2, 0) is 0 Å². The maximum atomic E-state index is 12.5. The minimum Gasteiger partial charge on any atom is -0.340 e. The highest BCUT2D eigenvalue weighted by Crippen LogP contribution is 2.33. The first-order chi connectivity index (χ1) is 10.8. The van der Waals surface area contributed by atoms with Crippen molar-refractivity contribution in [3.8, 4) is 0 Å². The first kappa shape index (κ1) is 13.2. The fourth-order valence-electron chi connectivity index (χ4n) is 3.45. The molecule has 2 atom stereocenters. The molecule has 2 aliphatic heterocycles. The van der Waals surface area contributed by atoms with Crippen LogP contribution in [0.4, 0.5) is 5.95 Å². The van der Waals surface area contributed by atoms with Crippen LogP contribution in [0.1, 0.15) is 10.4 Å². The van der Waals surface area contributed by atoms with Gasteiger partial charge in [-0.2, -0.15) is 0 Å². The molecule has 0 spiro atoms. The topological polar surface area (TPSA) is 62.2 Å². The van der Waals surface area contributed by atoms with Crippen molar-refractivity contribution < 1.29 is 4.79 Å². The lowest BCUT2D eigenvalue weighted by molar-refractivity contribution is 0.0782. The molecule has 2 unspecified atom stereocenters. The molecule has 2 saturated heterocycles. The van der Waals surface area contributed by atoms with E-state index < -0.39 is 0 Å². The van der Waals surface area contributed by atoms with Gasteiger partial charge in [-0.15, -0.1) is 0 Å². The predicted molar refractivity (Wildman–Crippen MR) is 81.4 cm³/mol. The number of likely N-dealkylation sites (tertiary alicyclic amines) is 1. The van der Waals surface area contributed by atoms with E-state index in [4.69, 9.17) is 0 Å². The van der Waals surface area contributed by atoms with Crippen LogP contribution in [0.5, 0.6) is 0 Å². The quantitative estimate of drug-likeness (QED) is 0.829. The van der Waals surface area contributed by atoms with E-state index >= 15 is 0 Å². The zero-order valence-corrected chi connectivity index (χ0v) is 12.2. The average molecular weight is 295 g/mol. The third-order valence-electron chi connectivity index (χ3n) is 4.54. The standard InChI is InChI=1S/C16H17N5O/c22-15(12-2-6-17-7-3-12)20-8-13-10-21(11-14(13)9-20)16-18-4-1-5-19-16/h1-7,13-14H,8-11H2. The van der Waals surface area contributed by atoms with Crippen LogP contribution in [-0.4, -0.2) is 51.9 Å². The Kier molecular flexibility index (Phi) is 3.21. The van der Waals surface area contributed by atoms with E-state index in [1.165, 1.54) is 0 Å². The molecule has 4 heterocycles. The van der Waals surface area contributed by atoms with Gasteiger partial charge in [-0.3, -0.25) is 9.78 Å². The SMILES string of the molecule is O=C(c1ccncc1)N1CC2CN(c3ncccn3)CC2C1. The van der Waals surface area contributed by atoms with Gasteiger partial charge in [0.25, 0.3) is 5.91 Å². The van der Waals surface area contributed by atoms with Gasteiger partial charge in [-0.1, -0.05) is 0 Å². The van der Waals surface area contributed by atoms with E-state index in [0.29, 0.717) is 11.8 Å². The number of amides is 1. The van der Waals surface area contributed by atoms with Crippen LogP contribution in [0.3, 0.4) is 0 Å². The maximum absolute atomic E-state index is 12.5. The van der Waals surface area contributed by atoms with Crippen molar-refractivity contribution in [1.82, 2.24) is 19.9 Å². The molecule has 2 aromatic heterocycles. The Morgan fingerprint density at radius 2 is 1.59 bits per heavy atom. The fourth-order valence-corrected chi connectivity index (χ4v) is 3.45. The normalized spacial score (nSPS) is 23.6. The Bertz CT molecular complexity index is 649. The van der Waals surface area contributed by atoms with Crippen LogP contribution in [0, 0.1) is 11.8 Å². The summed E-state index contributed by atoms with van der Waals surface area (Å²) in [5, 5.41) is 0. The minimum absolute atomic E-state index is 0.110. The molecule has 112 valence electrons. The van der Waals surface area contributed by atoms with Gasteiger partial charge in [0.1, 0.15) is 0 Å². The van der Waals surface area contributed by atoms with Gasteiger partial charge >= 0.3 is 0 Å². The third kappa shape index (κ3) is 2.30. The summed E-state index contributed by atoms with van der Waals surface area (Å²) in [5.74, 6) is 1.92. The Labute approximate surface area is 128 Å². The van der Waals surface area contributed by atoms with Gasteiger partial charge in [0.05, 0.1) is 0 Å². The number of aromatic nitrogens is 3. The third-order valence-corrected chi connectivity index (χ3v) is 4.54. The van der Waals surface area contributed by atoms with E-state index in [1.54, 1.807) is 36.9 Å². The first-order valence-electron chi connectivity index (χ1n) is 7.52. The number of pyridine rings is 1. The summed E-state index contributed by atoms with van der Waals surface area (Å²) in [5.41, 5.74) is 0.721. The second kappa shape index (κ2) is 5.36. The van der Waals surface area contributed by atoms with Gasteiger partial charge in [-0.05, 0) is 18.2 Å². The van der Waals surface area contributed by atoms with Crippen LogP contribution in [0.25, 0.3) is 0 Å². The molecular formula is C16H17N5O. The van der Waals surface area contributed by atoms with Crippen molar-refractivity contribution in [3.05, 3.63) is 48.5 Å². The van der Waals surface area contributed by atoms with Crippen molar-refractivity contribution in [2.45, 2.75) is 0 Å². The van der Waals surface area contributed by atoms with Crippen LogP contribution in [0.15, 0.2) is 43.0 Å². The van der Waals surface area contributed by atoms with E-state index in [-0.39, 0.29) is 5.91 Å². The zero-order chi connectivity index (χ0) is 14.9. The second-order valence-corrected chi connectivity index (χ2v) is 5.92. The predicted octanol–water partition coefficient (Wildman–Crippen LogP) is 1.08. The maximum Gasteiger partial charge on any atom is 0.253 e. The van der Waals surface area contributed by atoms with Gasteiger partial charge in [0.2, 0.25) is 5.95 Å². The minimum atomic E-state index is 0.110. The highest BCUT2D eigenvalue weighted by atomic mass is 16.2. The Morgan fingerprint density at radius 3 is 2.23 bits per heavy atom.